The highest BCUT2D eigenvalue weighted by Gasteiger charge is 2.26. The van der Waals surface area contributed by atoms with Gasteiger partial charge in [0, 0.05) is 6.42 Å². The number of ketones is 1. The zero-order valence-electron chi connectivity index (χ0n) is 16.0. The van der Waals surface area contributed by atoms with Crippen LogP contribution in [0.1, 0.15) is 80.1 Å². The normalized spacial score (nSPS) is 19.6. The van der Waals surface area contributed by atoms with Gasteiger partial charge in [-0.15, -0.1) is 0 Å². The highest BCUT2D eigenvalue weighted by Crippen LogP contribution is 2.40. The molecule has 1 aliphatic carbocycles. The molecule has 0 N–H and O–H groups in total. The molecule has 0 aliphatic heterocycles. The molecule has 0 saturated heterocycles. The molecule has 128 valence electrons. The van der Waals surface area contributed by atoms with Crippen molar-refractivity contribution in [3.63, 3.8) is 0 Å². The predicted molar refractivity (Wildman–Crippen MR) is 102 cm³/mol. The molecule has 0 bridgehead atoms. The van der Waals surface area contributed by atoms with Crippen molar-refractivity contribution >= 4 is 5.78 Å². The van der Waals surface area contributed by atoms with Crippen molar-refractivity contribution in [3.8, 4) is 0 Å². The number of allylic oxidation sites excluding steroid dienone is 8. The fraction of sp³-hybridized carbons (Fsp3) is 0.591. The number of hydrogen-bond donors (Lipinski definition) is 0. The summed E-state index contributed by atoms with van der Waals surface area (Å²) in [4.78, 5) is 11.4. The van der Waals surface area contributed by atoms with Gasteiger partial charge < -0.3 is 0 Å². The number of carbonyl (C=O) groups is 1. The Morgan fingerprint density at radius 2 is 1.96 bits per heavy atom. The maximum Gasteiger partial charge on any atom is 0.155 e. The van der Waals surface area contributed by atoms with Crippen molar-refractivity contribution < 1.29 is 4.79 Å². The zero-order valence-corrected chi connectivity index (χ0v) is 16.0. The van der Waals surface area contributed by atoms with Crippen molar-refractivity contribution in [2.45, 2.75) is 80.1 Å². The SMILES string of the molecule is CCC(=O)/C=C(\C)CC/C=C(C)/C=C/C1=C(C)CCCC1(C)C. The first-order valence-corrected chi connectivity index (χ1v) is 9.01. The molecule has 0 fully saturated rings. The van der Waals surface area contributed by atoms with Crippen LogP contribution in [-0.4, -0.2) is 5.78 Å². The first-order chi connectivity index (χ1) is 10.8. The molecule has 1 rings (SSSR count). The average molecular weight is 315 g/mol. The van der Waals surface area contributed by atoms with Crippen LogP contribution in [0.25, 0.3) is 0 Å². The Morgan fingerprint density at radius 3 is 2.57 bits per heavy atom. The Morgan fingerprint density at radius 1 is 1.26 bits per heavy atom. The third-order valence-electron chi connectivity index (χ3n) is 4.82. The lowest BCUT2D eigenvalue weighted by Gasteiger charge is -2.32. The molecule has 23 heavy (non-hydrogen) atoms. The van der Waals surface area contributed by atoms with E-state index in [0.29, 0.717) is 11.8 Å². The summed E-state index contributed by atoms with van der Waals surface area (Å²) in [7, 11) is 0. The van der Waals surface area contributed by atoms with Crippen LogP contribution in [0.2, 0.25) is 0 Å². The minimum atomic E-state index is 0.227. The molecule has 0 aromatic carbocycles. The van der Waals surface area contributed by atoms with Crippen LogP contribution in [0.3, 0.4) is 0 Å². The minimum Gasteiger partial charge on any atom is -0.295 e. The molecule has 0 aromatic heterocycles. The van der Waals surface area contributed by atoms with Gasteiger partial charge in [-0.1, -0.05) is 55.7 Å². The summed E-state index contributed by atoms with van der Waals surface area (Å²) in [6.45, 7) is 13.1. The maximum atomic E-state index is 11.4. The number of hydrogen-bond acceptors (Lipinski definition) is 1. The average Bonchev–Trinajstić information content (AvgIpc) is 2.45. The lowest BCUT2D eigenvalue weighted by molar-refractivity contribution is -0.114. The second kappa shape index (κ2) is 9.05. The summed E-state index contributed by atoms with van der Waals surface area (Å²) in [6.07, 6.45) is 15.0. The van der Waals surface area contributed by atoms with E-state index in [1.165, 1.54) is 36.0 Å². The summed E-state index contributed by atoms with van der Waals surface area (Å²) < 4.78 is 0. The molecule has 1 aliphatic rings. The molecule has 0 unspecified atom stereocenters. The number of rotatable bonds is 7. The first kappa shape index (κ1) is 19.7. The van der Waals surface area contributed by atoms with E-state index in [1.807, 2.05) is 13.8 Å². The highest BCUT2D eigenvalue weighted by atomic mass is 16.1. The van der Waals surface area contributed by atoms with Gasteiger partial charge >= 0.3 is 0 Å². The van der Waals surface area contributed by atoms with E-state index >= 15 is 0 Å². The quantitative estimate of drug-likeness (QED) is 0.376. The van der Waals surface area contributed by atoms with Crippen molar-refractivity contribution in [2.24, 2.45) is 5.41 Å². The van der Waals surface area contributed by atoms with Crippen LogP contribution in [0.15, 0.2) is 46.6 Å². The Hall–Kier alpha value is -1.37. The van der Waals surface area contributed by atoms with Gasteiger partial charge in [-0.3, -0.25) is 4.79 Å². The van der Waals surface area contributed by atoms with E-state index in [0.717, 1.165) is 12.8 Å². The molecule has 1 heteroatoms. The monoisotopic (exact) mass is 314 g/mol. The van der Waals surface area contributed by atoms with Crippen LogP contribution in [0, 0.1) is 5.41 Å². The van der Waals surface area contributed by atoms with E-state index < -0.39 is 0 Å². The summed E-state index contributed by atoms with van der Waals surface area (Å²) in [5.41, 5.74) is 5.85. The van der Waals surface area contributed by atoms with Gasteiger partial charge in [0.15, 0.2) is 5.78 Å². The molecule has 0 saturated carbocycles. The topological polar surface area (TPSA) is 17.1 Å². The van der Waals surface area contributed by atoms with Crippen LogP contribution >= 0.6 is 0 Å². The van der Waals surface area contributed by atoms with Crippen molar-refractivity contribution in [1.82, 2.24) is 0 Å². The molecule has 0 radical (unpaired) electrons. The van der Waals surface area contributed by atoms with E-state index in [9.17, 15) is 4.79 Å². The van der Waals surface area contributed by atoms with E-state index in [-0.39, 0.29) is 5.78 Å². The van der Waals surface area contributed by atoms with Crippen LogP contribution in [0.5, 0.6) is 0 Å². The van der Waals surface area contributed by atoms with E-state index in [1.54, 1.807) is 11.6 Å². The van der Waals surface area contributed by atoms with Crippen LogP contribution in [0.4, 0.5) is 0 Å². The minimum absolute atomic E-state index is 0.227. The van der Waals surface area contributed by atoms with Gasteiger partial charge in [0.2, 0.25) is 0 Å². The Labute approximate surface area is 143 Å². The van der Waals surface area contributed by atoms with Gasteiger partial charge in [0.05, 0.1) is 0 Å². The second-order valence-corrected chi connectivity index (χ2v) is 7.56. The van der Waals surface area contributed by atoms with Crippen LogP contribution in [-0.2, 0) is 4.79 Å². The Kier molecular flexibility index (Phi) is 7.75. The largest absolute Gasteiger partial charge is 0.295 e. The Bertz CT molecular complexity index is 538. The van der Waals surface area contributed by atoms with Gasteiger partial charge in [-0.2, -0.15) is 0 Å². The molecule has 0 aromatic rings. The van der Waals surface area contributed by atoms with E-state index in [2.05, 4.69) is 45.9 Å². The maximum absolute atomic E-state index is 11.4. The van der Waals surface area contributed by atoms with Crippen molar-refractivity contribution in [3.05, 3.63) is 46.6 Å². The van der Waals surface area contributed by atoms with E-state index in [4.69, 9.17) is 0 Å². The van der Waals surface area contributed by atoms with Crippen LogP contribution < -0.4 is 0 Å². The third kappa shape index (κ3) is 6.72. The zero-order chi connectivity index (χ0) is 17.5. The lowest BCUT2D eigenvalue weighted by atomic mass is 9.72. The third-order valence-corrected chi connectivity index (χ3v) is 4.82. The summed E-state index contributed by atoms with van der Waals surface area (Å²) in [6, 6.07) is 0. The van der Waals surface area contributed by atoms with Gasteiger partial charge in [0.25, 0.3) is 0 Å². The van der Waals surface area contributed by atoms with Gasteiger partial charge in [0.1, 0.15) is 0 Å². The molecule has 0 heterocycles. The van der Waals surface area contributed by atoms with Crippen molar-refractivity contribution in [2.75, 3.05) is 0 Å². The second-order valence-electron chi connectivity index (χ2n) is 7.56. The standard InChI is InChI=1S/C22H34O/c1-7-20(23)16-18(3)11-8-10-17(2)13-14-21-19(4)12-9-15-22(21,5)6/h10,13-14,16H,7-9,11-12,15H2,1-6H3/b14-13+,17-10+,18-16+. The highest BCUT2D eigenvalue weighted by molar-refractivity contribution is 5.89. The predicted octanol–water partition coefficient (Wildman–Crippen LogP) is 6.72. The molecular formula is C22H34O. The fourth-order valence-electron chi connectivity index (χ4n) is 3.27. The molecular weight excluding hydrogens is 280 g/mol. The molecule has 0 atom stereocenters. The summed E-state index contributed by atoms with van der Waals surface area (Å²) in [5, 5.41) is 0. The smallest absolute Gasteiger partial charge is 0.155 e. The van der Waals surface area contributed by atoms with Crippen molar-refractivity contribution in [1.29, 1.82) is 0 Å². The lowest BCUT2D eigenvalue weighted by Crippen LogP contribution is -2.19. The Balaban J connectivity index is 2.63. The summed E-state index contributed by atoms with van der Waals surface area (Å²) >= 11 is 0. The number of carbonyl (C=O) groups excluding carboxylic acids is 1. The molecule has 0 spiro atoms. The summed E-state index contributed by atoms with van der Waals surface area (Å²) in [5.74, 6) is 0.227. The fourth-order valence-corrected chi connectivity index (χ4v) is 3.27. The van der Waals surface area contributed by atoms with Gasteiger partial charge in [-0.05, 0) is 69.9 Å². The molecule has 0 amide bonds. The first-order valence-electron chi connectivity index (χ1n) is 9.01. The van der Waals surface area contributed by atoms with Gasteiger partial charge in [-0.25, -0.2) is 0 Å². The molecule has 1 nitrogen and oxygen atoms in total.